The Morgan fingerprint density at radius 2 is 2.17 bits per heavy atom. The molecule has 0 amide bonds. The maximum absolute atomic E-state index is 5.86. The fraction of sp³-hybridized carbons (Fsp3) is 0.500. The summed E-state index contributed by atoms with van der Waals surface area (Å²) in [5.41, 5.74) is 4.13. The van der Waals surface area contributed by atoms with E-state index in [2.05, 4.69) is 50.4 Å². The zero-order valence-corrected chi connectivity index (χ0v) is 11.6. The van der Waals surface area contributed by atoms with Crippen molar-refractivity contribution in [3.05, 3.63) is 41.0 Å². The molecule has 0 atom stereocenters. The summed E-state index contributed by atoms with van der Waals surface area (Å²) >= 11 is 0. The van der Waals surface area contributed by atoms with Crippen molar-refractivity contribution < 1.29 is 4.74 Å². The monoisotopic (exact) mass is 245 g/mol. The van der Waals surface area contributed by atoms with Gasteiger partial charge in [0, 0.05) is 6.54 Å². The first-order valence-electron chi connectivity index (χ1n) is 6.79. The van der Waals surface area contributed by atoms with E-state index in [1.807, 2.05) is 0 Å². The molecule has 1 aromatic carbocycles. The lowest BCUT2D eigenvalue weighted by Gasteiger charge is -2.16. The second-order valence-electron chi connectivity index (χ2n) is 5.28. The summed E-state index contributed by atoms with van der Waals surface area (Å²) in [6.07, 6.45) is 3.34. The lowest BCUT2D eigenvalue weighted by atomic mass is 9.98. The number of benzene rings is 1. The van der Waals surface area contributed by atoms with E-state index in [9.17, 15) is 0 Å². The van der Waals surface area contributed by atoms with Crippen molar-refractivity contribution in [1.82, 2.24) is 5.32 Å². The van der Waals surface area contributed by atoms with E-state index in [0.29, 0.717) is 5.92 Å². The maximum Gasteiger partial charge on any atom is 0.120 e. The Morgan fingerprint density at radius 3 is 2.78 bits per heavy atom. The van der Waals surface area contributed by atoms with Crippen molar-refractivity contribution in [3.63, 3.8) is 0 Å². The van der Waals surface area contributed by atoms with Crippen LogP contribution in [0.4, 0.5) is 0 Å². The number of nitrogens with one attached hydrogen (secondary N) is 1. The van der Waals surface area contributed by atoms with Crippen molar-refractivity contribution in [3.8, 4) is 5.75 Å². The van der Waals surface area contributed by atoms with Crippen LogP contribution in [0.1, 0.15) is 37.3 Å². The molecule has 0 unspecified atom stereocenters. The summed E-state index contributed by atoms with van der Waals surface area (Å²) in [6, 6.07) is 6.42. The molecule has 0 bridgehead atoms. The Balaban J connectivity index is 1.97. The van der Waals surface area contributed by atoms with E-state index in [0.717, 1.165) is 31.9 Å². The van der Waals surface area contributed by atoms with E-state index in [-0.39, 0.29) is 0 Å². The summed E-state index contributed by atoms with van der Waals surface area (Å²) in [6.45, 7) is 9.38. The van der Waals surface area contributed by atoms with Crippen LogP contribution in [0.25, 0.3) is 0 Å². The van der Waals surface area contributed by atoms with E-state index < -0.39 is 0 Å². The van der Waals surface area contributed by atoms with Crippen LogP contribution in [0.5, 0.6) is 5.75 Å². The van der Waals surface area contributed by atoms with E-state index in [1.165, 1.54) is 16.7 Å². The molecule has 0 spiro atoms. The molecule has 98 valence electrons. The van der Waals surface area contributed by atoms with E-state index in [1.54, 1.807) is 0 Å². The van der Waals surface area contributed by atoms with Crippen molar-refractivity contribution in [2.24, 2.45) is 0 Å². The van der Waals surface area contributed by atoms with Gasteiger partial charge in [-0.25, -0.2) is 0 Å². The number of rotatable bonds is 4. The summed E-state index contributed by atoms with van der Waals surface area (Å²) in [4.78, 5) is 0. The highest BCUT2D eigenvalue weighted by molar-refractivity contribution is 5.36. The topological polar surface area (TPSA) is 21.3 Å². The quantitative estimate of drug-likeness (QED) is 0.821. The summed E-state index contributed by atoms with van der Waals surface area (Å²) in [7, 11) is 0. The highest BCUT2D eigenvalue weighted by Crippen LogP contribution is 2.23. The highest BCUT2D eigenvalue weighted by Gasteiger charge is 2.06. The van der Waals surface area contributed by atoms with Gasteiger partial charge in [0.1, 0.15) is 12.4 Å². The van der Waals surface area contributed by atoms with E-state index >= 15 is 0 Å². The molecule has 2 nitrogen and oxygen atoms in total. The third kappa shape index (κ3) is 3.36. The first-order chi connectivity index (χ1) is 8.66. The largest absolute Gasteiger partial charge is 0.489 e. The van der Waals surface area contributed by atoms with Crippen LogP contribution >= 0.6 is 0 Å². The minimum absolute atomic E-state index is 0.575. The van der Waals surface area contributed by atoms with Crippen LogP contribution in [0, 0.1) is 6.92 Å². The first kappa shape index (κ1) is 13.2. The summed E-state index contributed by atoms with van der Waals surface area (Å²) in [5, 5.41) is 3.31. The van der Waals surface area contributed by atoms with Crippen molar-refractivity contribution in [1.29, 1.82) is 0 Å². The molecule has 0 fully saturated rings. The molecule has 0 aromatic heterocycles. The smallest absolute Gasteiger partial charge is 0.120 e. The molecule has 0 saturated carbocycles. The van der Waals surface area contributed by atoms with Gasteiger partial charge in [-0.2, -0.15) is 0 Å². The number of aryl methyl sites for hydroxylation is 1. The molecule has 1 heterocycles. The van der Waals surface area contributed by atoms with Gasteiger partial charge in [0.15, 0.2) is 0 Å². The Morgan fingerprint density at radius 1 is 1.33 bits per heavy atom. The average Bonchev–Trinajstić information content (AvgIpc) is 2.37. The Bertz CT molecular complexity index is 435. The molecule has 2 heteroatoms. The summed E-state index contributed by atoms with van der Waals surface area (Å²) in [5.74, 6) is 1.56. The lowest BCUT2D eigenvalue weighted by molar-refractivity contribution is 0.344. The molecule has 18 heavy (non-hydrogen) atoms. The van der Waals surface area contributed by atoms with Crippen molar-refractivity contribution >= 4 is 0 Å². The molecule has 1 aromatic rings. The fourth-order valence-electron chi connectivity index (χ4n) is 2.36. The number of ether oxygens (including phenoxy) is 1. The van der Waals surface area contributed by atoms with Gasteiger partial charge in [0.05, 0.1) is 0 Å². The van der Waals surface area contributed by atoms with Crippen LogP contribution in [0.2, 0.25) is 0 Å². The minimum Gasteiger partial charge on any atom is -0.489 e. The van der Waals surface area contributed by atoms with Crippen molar-refractivity contribution in [2.45, 2.75) is 33.1 Å². The van der Waals surface area contributed by atoms with Gasteiger partial charge in [-0.3, -0.25) is 0 Å². The van der Waals surface area contributed by atoms with Gasteiger partial charge in [-0.05, 0) is 54.6 Å². The molecule has 2 rings (SSSR count). The predicted molar refractivity (Wildman–Crippen MR) is 76.3 cm³/mol. The standard InChI is InChI=1S/C16H23NO/c1-12(2)16-5-4-15(10-13(16)3)18-11-14-6-8-17-9-7-14/h4-6,10,12,17H,7-9,11H2,1-3H3. The van der Waals surface area contributed by atoms with Crippen LogP contribution in [-0.4, -0.2) is 19.7 Å². The van der Waals surface area contributed by atoms with Gasteiger partial charge >= 0.3 is 0 Å². The van der Waals surface area contributed by atoms with Crippen LogP contribution in [0.15, 0.2) is 29.8 Å². The van der Waals surface area contributed by atoms with Gasteiger partial charge in [0.25, 0.3) is 0 Å². The molecular weight excluding hydrogens is 222 g/mol. The molecule has 1 aliphatic rings. The van der Waals surface area contributed by atoms with Gasteiger partial charge in [-0.1, -0.05) is 26.0 Å². The Kier molecular flexibility index (Phi) is 4.43. The van der Waals surface area contributed by atoms with Gasteiger partial charge < -0.3 is 10.1 Å². The van der Waals surface area contributed by atoms with Gasteiger partial charge in [0.2, 0.25) is 0 Å². The lowest BCUT2D eigenvalue weighted by Crippen LogP contribution is -2.22. The second kappa shape index (κ2) is 6.05. The summed E-state index contributed by atoms with van der Waals surface area (Å²) < 4.78 is 5.86. The molecule has 1 N–H and O–H groups in total. The number of hydrogen-bond donors (Lipinski definition) is 1. The van der Waals surface area contributed by atoms with Gasteiger partial charge in [-0.15, -0.1) is 0 Å². The zero-order valence-electron chi connectivity index (χ0n) is 11.6. The maximum atomic E-state index is 5.86. The van der Waals surface area contributed by atoms with Crippen molar-refractivity contribution in [2.75, 3.05) is 19.7 Å². The zero-order chi connectivity index (χ0) is 13.0. The Labute approximate surface area is 110 Å². The fourth-order valence-corrected chi connectivity index (χ4v) is 2.36. The van der Waals surface area contributed by atoms with Crippen LogP contribution < -0.4 is 10.1 Å². The molecular formula is C16H23NO. The third-order valence-electron chi connectivity index (χ3n) is 3.45. The second-order valence-corrected chi connectivity index (χ2v) is 5.28. The van der Waals surface area contributed by atoms with Crippen LogP contribution in [-0.2, 0) is 0 Å². The molecule has 1 aliphatic heterocycles. The predicted octanol–water partition coefficient (Wildman–Crippen LogP) is 3.42. The highest BCUT2D eigenvalue weighted by atomic mass is 16.5. The Hall–Kier alpha value is -1.28. The van der Waals surface area contributed by atoms with E-state index in [4.69, 9.17) is 4.74 Å². The van der Waals surface area contributed by atoms with Crippen LogP contribution in [0.3, 0.4) is 0 Å². The normalized spacial score (nSPS) is 15.7. The minimum atomic E-state index is 0.575. The third-order valence-corrected chi connectivity index (χ3v) is 3.45. The molecule has 0 saturated heterocycles. The SMILES string of the molecule is Cc1cc(OCC2=CCNCC2)ccc1C(C)C. The molecule has 0 radical (unpaired) electrons. The number of hydrogen-bond acceptors (Lipinski definition) is 2. The average molecular weight is 245 g/mol. The molecule has 0 aliphatic carbocycles. The first-order valence-corrected chi connectivity index (χ1v) is 6.79.